The van der Waals surface area contributed by atoms with Crippen molar-refractivity contribution in [3.8, 4) is 0 Å². The van der Waals surface area contributed by atoms with Crippen LogP contribution in [0.2, 0.25) is 0 Å². The Kier molecular flexibility index (Phi) is 4.12. The average Bonchev–Trinajstić information content (AvgIpc) is 2.10. The van der Waals surface area contributed by atoms with Crippen LogP contribution in [0.3, 0.4) is 0 Å². The van der Waals surface area contributed by atoms with Gasteiger partial charge in [-0.1, -0.05) is 6.92 Å². The highest BCUT2D eigenvalue weighted by molar-refractivity contribution is 5.83. The summed E-state index contributed by atoms with van der Waals surface area (Å²) in [7, 11) is 0. The smallest absolute Gasteiger partial charge is 0.328 e. The van der Waals surface area contributed by atoms with E-state index in [0.717, 1.165) is 12.8 Å². The van der Waals surface area contributed by atoms with Crippen LogP contribution < -0.4 is 10.6 Å². The highest BCUT2D eigenvalue weighted by Crippen LogP contribution is 2.25. The number of nitrogens with one attached hydrogen (secondary N) is 2. The normalized spacial score (nSPS) is 27.4. The quantitative estimate of drug-likeness (QED) is 0.542. The minimum absolute atomic E-state index is 0.124. The molecule has 1 aliphatic rings. The van der Waals surface area contributed by atoms with Crippen molar-refractivity contribution in [2.75, 3.05) is 0 Å². The fourth-order valence-corrected chi connectivity index (χ4v) is 1.78. The van der Waals surface area contributed by atoms with Crippen molar-refractivity contribution in [1.29, 1.82) is 0 Å². The van der Waals surface area contributed by atoms with Crippen molar-refractivity contribution in [1.82, 2.24) is 10.6 Å². The van der Waals surface area contributed by atoms with Crippen LogP contribution in [0.5, 0.6) is 0 Å². The number of aliphatic hydroxyl groups excluding tert-OH is 1. The van der Waals surface area contributed by atoms with Crippen molar-refractivity contribution in [3.05, 3.63) is 0 Å². The first-order chi connectivity index (χ1) is 7.40. The van der Waals surface area contributed by atoms with Gasteiger partial charge in [-0.3, -0.25) is 0 Å². The summed E-state index contributed by atoms with van der Waals surface area (Å²) in [6, 6.07) is -1.68. The second kappa shape index (κ2) is 5.16. The van der Waals surface area contributed by atoms with E-state index >= 15 is 0 Å². The van der Waals surface area contributed by atoms with Gasteiger partial charge in [-0.15, -0.1) is 0 Å². The lowest BCUT2D eigenvalue weighted by Crippen LogP contribution is -2.54. The van der Waals surface area contributed by atoms with Gasteiger partial charge < -0.3 is 20.8 Å². The van der Waals surface area contributed by atoms with Crippen LogP contribution in [0.4, 0.5) is 4.79 Å². The number of hydrogen-bond donors (Lipinski definition) is 4. The largest absolute Gasteiger partial charge is 0.480 e. The van der Waals surface area contributed by atoms with Crippen molar-refractivity contribution >= 4 is 12.0 Å². The van der Waals surface area contributed by atoms with Gasteiger partial charge in [-0.05, 0) is 25.7 Å². The summed E-state index contributed by atoms with van der Waals surface area (Å²) in [4.78, 5) is 22.1. The lowest BCUT2D eigenvalue weighted by atomic mass is 9.82. The number of aliphatic carboxylic acids is 1. The molecule has 2 atom stereocenters. The maximum Gasteiger partial charge on any atom is 0.328 e. The third kappa shape index (κ3) is 3.37. The highest BCUT2D eigenvalue weighted by atomic mass is 16.4. The molecule has 0 heterocycles. The second-order valence-electron chi connectivity index (χ2n) is 4.45. The number of carboxylic acid groups (broad SMARTS) is 1. The maximum absolute atomic E-state index is 11.4. The van der Waals surface area contributed by atoms with Crippen molar-refractivity contribution < 1.29 is 19.8 Å². The van der Waals surface area contributed by atoms with Gasteiger partial charge >= 0.3 is 12.0 Å². The first kappa shape index (κ1) is 12.8. The maximum atomic E-state index is 11.4. The minimum Gasteiger partial charge on any atom is -0.480 e. The molecule has 0 bridgehead atoms. The molecule has 2 amide bonds. The molecule has 0 aromatic heterocycles. The summed E-state index contributed by atoms with van der Waals surface area (Å²) in [5, 5.41) is 22.8. The Morgan fingerprint density at radius 2 is 1.94 bits per heavy atom. The van der Waals surface area contributed by atoms with Crippen molar-refractivity contribution in [2.45, 2.75) is 44.9 Å². The summed E-state index contributed by atoms with van der Waals surface area (Å²) in [5.41, 5.74) is 0. The predicted molar refractivity (Wildman–Crippen MR) is 57.0 cm³/mol. The van der Waals surface area contributed by atoms with E-state index in [0.29, 0.717) is 5.92 Å². The monoisotopic (exact) mass is 230 g/mol. The number of urea groups is 1. The molecule has 1 fully saturated rings. The molecule has 0 aliphatic heterocycles. The van der Waals surface area contributed by atoms with Gasteiger partial charge in [0.15, 0.2) is 6.04 Å². The van der Waals surface area contributed by atoms with E-state index in [9.17, 15) is 9.59 Å². The van der Waals surface area contributed by atoms with Crippen LogP contribution in [0.25, 0.3) is 0 Å². The molecule has 0 unspecified atom stereocenters. The molecule has 0 radical (unpaired) electrons. The number of carbonyl (C=O) groups is 2. The standard InChI is InChI=1S/C10H18N2O4/c1-5-3-7(4-5)11-10(16)12-8(6(2)13)9(14)15/h5-8,13H,3-4H2,1-2H3,(H,14,15)(H2,11,12,16)/t5?,6-,7?,8+/m1/s1. The number of amides is 2. The van der Waals surface area contributed by atoms with Crippen LogP contribution in [0.15, 0.2) is 0 Å². The molecule has 6 heteroatoms. The minimum atomic E-state index is -1.27. The second-order valence-corrected chi connectivity index (χ2v) is 4.45. The summed E-state index contributed by atoms with van der Waals surface area (Å²) in [5.74, 6) is -0.635. The van der Waals surface area contributed by atoms with Crippen molar-refractivity contribution in [3.63, 3.8) is 0 Å². The number of hydrogen-bond acceptors (Lipinski definition) is 3. The Morgan fingerprint density at radius 1 is 1.38 bits per heavy atom. The summed E-state index contributed by atoms with van der Waals surface area (Å²) in [6.07, 6.45) is 0.711. The third-order valence-electron chi connectivity index (χ3n) is 2.74. The fraction of sp³-hybridized carbons (Fsp3) is 0.800. The molecule has 6 nitrogen and oxygen atoms in total. The fourth-order valence-electron chi connectivity index (χ4n) is 1.78. The van der Waals surface area contributed by atoms with E-state index in [1.165, 1.54) is 6.92 Å². The SMILES string of the molecule is CC1CC(NC(=O)N[C@H](C(=O)O)[C@@H](C)O)C1. The first-order valence-electron chi connectivity index (χ1n) is 5.38. The Morgan fingerprint density at radius 3 is 2.31 bits per heavy atom. The topological polar surface area (TPSA) is 98.7 Å². The van der Waals surface area contributed by atoms with Crippen LogP contribution in [0.1, 0.15) is 26.7 Å². The van der Waals surface area contributed by atoms with E-state index in [-0.39, 0.29) is 6.04 Å². The summed E-state index contributed by atoms with van der Waals surface area (Å²) in [6.45, 7) is 3.41. The molecular weight excluding hydrogens is 212 g/mol. The van der Waals surface area contributed by atoms with Crippen LogP contribution in [0, 0.1) is 5.92 Å². The number of carbonyl (C=O) groups excluding carboxylic acids is 1. The van der Waals surface area contributed by atoms with E-state index in [2.05, 4.69) is 17.6 Å². The zero-order valence-corrected chi connectivity index (χ0v) is 9.43. The van der Waals surface area contributed by atoms with Gasteiger partial charge in [0.1, 0.15) is 0 Å². The van der Waals surface area contributed by atoms with Gasteiger partial charge in [0.05, 0.1) is 6.10 Å². The Bertz CT molecular complexity index is 274. The molecular formula is C10H18N2O4. The van der Waals surface area contributed by atoms with E-state index in [1.54, 1.807) is 0 Å². The lowest BCUT2D eigenvalue weighted by molar-refractivity contribution is -0.141. The number of carboxylic acids is 1. The molecule has 0 aromatic rings. The van der Waals surface area contributed by atoms with Gasteiger partial charge in [0.25, 0.3) is 0 Å². The Hall–Kier alpha value is -1.30. The summed E-state index contributed by atoms with van der Waals surface area (Å²) >= 11 is 0. The van der Waals surface area contributed by atoms with Gasteiger partial charge in [0.2, 0.25) is 0 Å². The molecule has 0 aromatic carbocycles. The summed E-state index contributed by atoms with van der Waals surface area (Å²) < 4.78 is 0. The molecule has 1 aliphatic carbocycles. The zero-order valence-electron chi connectivity index (χ0n) is 9.43. The molecule has 4 N–H and O–H groups in total. The zero-order chi connectivity index (χ0) is 12.3. The number of rotatable bonds is 4. The molecule has 16 heavy (non-hydrogen) atoms. The molecule has 0 saturated heterocycles. The van der Waals surface area contributed by atoms with E-state index in [1.807, 2.05) is 0 Å². The third-order valence-corrected chi connectivity index (χ3v) is 2.74. The van der Waals surface area contributed by atoms with Crippen LogP contribution in [-0.4, -0.2) is 40.4 Å². The van der Waals surface area contributed by atoms with Crippen LogP contribution in [-0.2, 0) is 4.79 Å². The molecule has 0 spiro atoms. The first-order valence-corrected chi connectivity index (χ1v) is 5.38. The average molecular weight is 230 g/mol. The van der Waals surface area contributed by atoms with Gasteiger partial charge in [0, 0.05) is 6.04 Å². The lowest BCUT2D eigenvalue weighted by Gasteiger charge is -2.33. The molecule has 1 saturated carbocycles. The Balaban J connectivity index is 2.34. The van der Waals surface area contributed by atoms with Crippen LogP contribution >= 0.6 is 0 Å². The van der Waals surface area contributed by atoms with Crippen molar-refractivity contribution in [2.24, 2.45) is 5.92 Å². The van der Waals surface area contributed by atoms with E-state index < -0.39 is 24.1 Å². The van der Waals surface area contributed by atoms with Gasteiger partial charge in [-0.25, -0.2) is 9.59 Å². The molecule has 1 rings (SSSR count). The van der Waals surface area contributed by atoms with Gasteiger partial charge in [-0.2, -0.15) is 0 Å². The van der Waals surface area contributed by atoms with E-state index in [4.69, 9.17) is 10.2 Å². The Labute approximate surface area is 94.0 Å². The highest BCUT2D eigenvalue weighted by Gasteiger charge is 2.29. The molecule has 92 valence electrons. The predicted octanol–water partition coefficient (Wildman–Crippen LogP) is -0.0819. The number of aliphatic hydroxyl groups is 1.